The first kappa shape index (κ1) is 16.7. The van der Waals surface area contributed by atoms with Gasteiger partial charge in [0.25, 0.3) is 0 Å². The molecule has 0 spiro atoms. The Balaban J connectivity index is 2.27. The molecule has 1 rings (SSSR count). The number of rotatable bonds is 9. The quantitative estimate of drug-likeness (QED) is 0.644. The Bertz CT molecular complexity index is 388. The van der Waals surface area contributed by atoms with Crippen LogP contribution in [0, 0.1) is 5.41 Å². The van der Waals surface area contributed by atoms with Gasteiger partial charge in [0.2, 0.25) is 5.91 Å². The average molecular weight is 282 g/mol. The number of furan rings is 1. The van der Waals surface area contributed by atoms with Crippen molar-refractivity contribution in [2.24, 2.45) is 5.41 Å². The van der Waals surface area contributed by atoms with Crippen molar-refractivity contribution in [2.45, 2.75) is 46.2 Å². The minimum absolute atomic E-state index is 0.0423. The van der Waals surface area contributed by atoms with E-state index in [-0.39, 0.29) is 24.0 Å². The minimum atomic E-state index is -0.252. The number of amides is 1. The van der Waals surface area contributed by atoms with E-state index in [1.165, 1.54) is 0 Å². The highest BCUT2D eigenvalue weighted by molar-refractivity contribution is 5.81. The molecule has 1 atom stereocenters. The van der Waals surface area contributed by atoms with E-state index in [1.54, 1.807) is 12.3 Å². The van der Waals surface area contributed by atoms with Gasteiger partial charge in [-0.25, -0.2) is 0 Å². The number of aliphatic hydroxyl groups excluding tert-OH is 1. The van der Waals surface area contributed by atoms with Crippen LogP contribution in [0.25, 0.3) is 0 Å². The van der Waals surface area contributed by atoms with Gasteiger partial charge in [0.1, 0.15) is 5.76 Å². The van der Waals surface area contributed by atoms with Crippen molar-refractivity contribution < 1.29 is 14.3 Å². The van der Waals surface area contributed by atoms with Crippen LogP contribution in [0.1, 0.15) is 39.4 Å². The highest BCUT2D eigenvalue weighted by Crippen LogP contribution is 2.20. The van der Waals surface area contributed by atoms with Gasteiger partial charge in [0, 0.05) is 13.2 Å². The molecule has 5 nitrogen and oxygen atoms in total. The van der Waals surface area contributed by atoms with Gasteiger partial charge in [-0.1, -0.05) is 13.8 Å². The van der Waals surface area contributed by atoms with E-state index in [4.69, 9.17) is 9.52 Å². The normalized spacial score (nSPS) is 13.2. The summed E-state index contributed by atoms with van der Waals surface area (Å²) in [6, 6.07) is 3.38. The second-order valence-corrected chi connectivity index (χ2v) is 5.89. The summed E-state index contributed by atoms with van der Waals surface area (Å²) in [6.45, 7) is 7.46. The van der Waals surface area contributed by atoms with Crippen LogP contribution < -0.4 is 10.6 Å². The summed E-state index contributed by atoms with van der Waals surface area (Å²) < 4.78 is 5.16. The van der Waals surface area contributed by atoms with E-state index in [1.807, 2.05) is 13.0 Å². The monoisotopic (exact) mass is 282 g/mol. The topological polar surface area (TPSA) is 74.5 Å². The summed E-state index contributed by atoms with van der Waals surface area (Å²) in [4.78, 5) is 11.9. The Morgan fingerprint density at radius 1 is 1.50 bits per heavy atom. The third-order valence-corrected chi connectivity index (χ3v) is 3.31. The van der Waals surface area contributed by atoms with Gasteiger partial charge in [-0.3, -0.25) is 4.79 Å². The Morgan fingerprint density at radius 3 is 2.85 bits per heavy atom. The minimum Gasteiger partial charge on any atom is -0.467 e. The Morgan fingerprint density at radius 2 is 2.25 bits per heavy atom. The molecule has 0 aliphatic heterocycles. The average Bonchev–Trinajstić information content (AvgIpc) is 2.93. The molecular weight excluding hydrogens is 256 g/mol. The summed E-state index contributed by atoms with van der Waals surface area (Å²) >= 11 is 0. The molecule has 0 saturated carbocycles. The van der Waals surface area contributed by atoms with E-state index >= 15 is 0 Å². The summed E-state index contributed by atoms with van der Waals surface area (Å²) in [7, 11) is 0. The van der Waals surface area contributed by atoms with Crippen molar-refractivity contribution in [1.29, 1.82) is 0 Å². The first-order valence-electron chi connectivity index (χ1n) is 7.09. The van der Waals surface area contributed by atoms with Crippen molar-refractivity contribution in [3.63, 3.8) is 0 Å². The summed E-state index contributed by atoms with van der Waals surface area (Å²) in [5.41, 5.74) is 0.0677. The largest absolute Gasteiger partial charge is 0.467 e. The SMILES string of the molecule is CC(NCC(C)(C)CCCO)C(=O)NCc1ccco1. The second-order valence-electron chi connectivity index (χ2n) is 5.89. The van der Waals surface area contributed by atoms with Gasteiger partial charge in [0.05, 0.1) is 18.8 Å². The molecule has 1 amide bonds. The Labute approximate surface area is 120 Å². The number of nitrogens with one attached hydrogen (secondary N) is 2. The maximum absolute atomic E-state index is 11.9. The van der Waals surface area contributed by atoms with Crippen molar-refractivity contribution in [2.75, 3.05) is 13.2 Å². The van der Waals surface area contributed by atoms with Crippen molar-refractivity contribution in [3.05, 3.63) is 24.2 Å². The fraction of sp³-hybridized carbons (Fsp3) is 0.667. The van der Waals surface area contributed by atoms with E-state index in [2.05, 4.69) is 24.5 Å². The lowest BCUT2D eigenvalue weighted by molar-refractivity contribution is -0.123. The number of hydrogen-bond donors (Lipinski definition) is 3. The van der Waals surface area contributed by atoms with Crippen molar-refractivity contribution in [1.82, 2.24) is 10.6 Å². The van der Waals surface area contributed by atoms with Gasteiger partial charge in [-0.15, -0.1) is 0 Å². The van der Waals surface area contributed by atoms with Crippen LogP contribution in [-0.4, -0.2) is 30.2 Å². The van der Waals surface area contributed by atoms with E-state index in [0.717, 1.165) is 25.1 Å². The van der Waals surface area contributed by atoms with Crippen LogP contribution in [0.3, 0.4) is 0 Å². The highest BCUT2D eigenvalue weighted by atomic mass is 16.3. The molecule has 20 heavy (non-hydrogen) atoms. The molecule has 1 heterocycles. The molecule has 3 N–H and O–H groups in total. The zero-order valence-electron chi connectivity index (χ0n) is 12.6. The molecule has 0 fully saturated rings. The highest BCUT2D eigenvalue weighted by Gasteiger charge is 2.20. The molecule has 0 aliphatic carbocycles. The molecular formula is C15H26N2O3. The van der Waals surface area contributed by atoms with Crippen LogP contribution in [0.2, 0.25) is 0 Å². The van der Waals surface area contributed by atoms with E-state index in [9.17, 15) is 4.79 Å². The number of carbonyl (C=O) groups is 1. The Hall–Kier alpha value is -1.33. The molecule has 1 aromatic heterocycles. The molecule has 5 heteroatoms. The smallest absolute Gasteiger partial charge is 0.237 e. The van der Waals surface area contributed by atoms with E-state index in [0.29, 0.717) is 6.54 Å². The fourth-order valence-electron chi connectivity index (χ4n) is 1.91. The standard InChI is InChI=1S/C15H26N2O3/c1-12(17-11-15(2,3)7-5-8-18)14(19)16-10-13-6-4-9-20-13/h4,6,9,12,17-18H,5,7-8,10-11H2,1-3H3,(H,16,19). The van der Waals surface area contributed by atoms with Gasteiger partial charge in [0.15, 0.2) is 0 Å². The third-order valence-electron chi connectivity index (χ3n) is 3.31. The molecule has 0 aliphatic rings. The van der Waals surface area contributed by atoms with Gasteiger partial charge >= 0.3 is 0 Å². The lowest BCUT2D eigenvalue weighted by Gasteiger charge is -2.26. The maximum Gasteiger partial charge on any atom is 0.237 e. The first-order valence-corrected chi connectivity index (χ1v) is 7.09. The van der Waals surface area contributed by atoms with Gasteiger partial charge in [-0.05, 0) is 37.3 Å². The second kappa shape index (κ2) is 8.07. The number of carbonyl (C=O) groups excluding carboxylic acids is 1. The molecule has 0 saturated heterocycles. The van der Waals surface area contributed by atoms with Gasteiger partial charge in [-0.2, -0.15) is 0 Å². The van der Waals surface area contributed by atoms with Crippen LogP contribution in [0.4, 0.5) is 0 Å². The predicted molar refractivity (Wildman–Crippen MR) is 78.1 cm³/mol. The summed E-state index contributed by atoms with van der Waals surface area (Å²) in [5, 5.41) is 14.9. The lowest BCUT2D eigenvalue weighted by Crippen LogP contribution is -2.45. The summed E-state index contributed by atoms with van der Waals surface area (Å²) in [6.07, 6.45) is 3.30. The molecule has 1 unspecified atom stereocenters. The number of hydrogen-bond acceptors (Lipinski definition) is 4. The fourth-order valence-corrected chi connectivity index (χ4v) is 1.91. The van der Waals surface area contributed by atoms with Crippen molar-refractivity contribution in [3.8, 4) is 0 Å². The first-order chi connectivity index (χ1) is 9.44. The maximum atomic E-state index is 11.9. The number of aliphatic hydroxyl groups is 1. The molecule has 0 radical (unpaired) electrons. The van der Waals surface area contributed by atoms with Crippen LogP contribution in [0.15, 0.2) is 22.8 Å². The lowest BCUT2D eigenvalue weighted by atomic mass is 9.87. The Kier molecular flexibility index (Phi) is 6.75. The zero-order valence-corrected chi connectivity index (χ0v) is 12.6. The van der Waals surface area contributed by atoms with Crippen LogP contribution >= 0.6 is 0 Å². The molecule has 0 bridgehead atoms. The molecule has 1 aromatic rings. The van der Waals surface area contributed by atoms with Crippen LogP contribution in [0.5, 0.6) is 0 Å². The molecule has 0 aromatic carbocycles. The molecule has 114 valence electrons. The summed E-state index contributed by atoms with van der Waals surface area (Å²) in [5.74, 6) is 0.702. The van der Waals surface area contributed by atoms with E-state index < -0.39 is 0 Å². The predicted octanol–water partition coefficient (Wildman–Crippen LogP) is 1.67. The zero-order chi connectivity index (χ0) is 15.0. The van der Waals surface area contributed by atoms with Crippen molar-refractivity contribution >= 4 is 5.91 Å². The van der Waals surface area contributed by atoms with Crippen LogP contribution in [-0.2, 0) is 11.3 Å². The third kappa shape index (κ3) is 6.21. The van der Waals surface area contributed by atoms with Gasteiger partial charge < -0.3 is 20.2 Å².